The standard InChI is InChI=1S/C21H37N5OS/c1-16(2)14-26-11-12-27-17(15-26)13-24-21(22-3)23-10-6-9-20-25-18-7-4-5-8-19(18)28-20/h16-17H,4-15H2,1-3H3,(H2,22,23,24). The maximum atomic E-state index is 5.91. The largest absolute Gasteiger partial charge is 0.374 e. The average Bonchev–Trinajstić information content (AvgIpc) is 3.10. The molecule has 2 N–H and O–H groups in total. The molecule has 3 rings (SSSR count). The predicted molar refractivity (Wildman–Crippen MR) is 117 cm³/mol. The van der Waals surface area contributed by atoms with Crippen molar-refractivity contribution in [1.29, 1.82) is 0 Å². The number of nitrogens with zero attached hydrogens (tertiary/aromatic N) is 3. The van der Waals surface area contributed by atoms with Crippen LogP contribution in [0.5, 0.6) is 0 Å². The molecule has 1 atom stereocenters. The molecule has 1 aromatic rings. The van der Waals surface area contributed by atoms with Crippen LogP contribution in [0.25, 0.3) is 0 Å². The highest BCUT2D eigenvalue weighted by Crippen LogP contribution is 2.27. The molecule has 7 heteroatoms. The zero-order chi connectivity index (χ0) is 19.8. The van der Waals surface area contributed by atoms with Crippen molar-refractivity contribution in [3.05, 3.63) is 15.6 Å². The molecule has 28 heavy (non-hydrogen) atoms. The SMILES string of the molecule is CN=C(NCCCc1nc2c(s1)CCCC2)NCC1CN(CC(C)C)CCO1. The Morgan fingerprint density at radius 2 is 2.18 bits per heavy atom. The summed E-state index contributed by atoms with van der Waals surface area (Å²) in [5.74, 6) is 1.56. The Bertz CT molecular complexity index is 607. The van der Waals surface area contributed by atoms with Gasteiger partial charge in [0.1, 0.15) is 0 Å². The molecule has 1 fully saturated rings. The summed E-state index contributed by atoms with van der Waals surface area (Å²) in [5.41, 5.74) is 1.37. The summed E-state index contributed by atoms with van der Waals surface area (Å²) in [6, 6.07) is 0. The Hall–Kier alpha value is -1.18. The number of nitrogens with one attached hydrogen (secondary N) is 2. The Labute approximate surface area is 174 Å². The lowest BCUT2D eigenvalue weighted by Crippen LogP contribution is -2.50. The van der Waals surface area contributed by atoms with E-state index >= 15 is 0 Å². The van der Waals surface area contributed by atoms with Gasteiger partial charge in [0.05, 0.1) is 23.4 Å². The number of aliphatic imine (C=N–C) groups is 1. The molecule has 1 saturated heterocycles. The van der Waals surface area contributed by atoms with Crippen molar-refractivity contribution in [3.8, 4) is 0 Å². The predicted octanol–water partition coefficient (Wildman–Crippen LogP) is 2.48. The quantitative estimate of drug-likeness (QED) is 0.394. The number of ether oxygens (including phenoxy) is 1. The third-order valence-electron chi connectivity index (χ3n) is 5.32. The molecule has 0 saturated carbocycles. The van der Waals surface area contributed by atoms with Crippen LogP contribution in [0.4, 0.5) is 0 Å². The summed E-state index contributed by atoms with van der Waals surface area (Å²) in [4.78, 5) is 13.2. The molecule has 2 aliphatic rings. The van der Waals surface area contributed by atoms with Gasteiger partial charge in [-0.25, -0.2) is 4.98 Å². The number of fused-ring (bicyclic) bond motifs is 1. The number of hydrogen-bond acceptors (Lipinski definition) is 5. The number of thiazole rings is 1. The van der Waals surface area contributed by atoms with Crippen molar-refractivity contribution in [1.82, 2.24) is 20.5 Å². The van der Waals surface area contributed by atoms with Crippen LogP contribution in [0.15, 0.2) is 4.99 Å². The van der Waals surface area contributed by atoms with Gasteiger partial charge in [-0.2, -0.15) is 0 Å². The molecule has 0 aromatic carbocycles. The van der Waals surface area contributed by atoms with Crippen LogP contribution in [0.1, 0.15) is 48.7 Å². The minimum Gasteiger partial charge on any atom is -0.374 e. The van der Waals surface area contributed by atoms with Gasteiger partial charge >= 0.3 is 0 Å². The van der Waals surface area contributed by atoms with E-state index in [0.29, 0.717) is 5.92 Å². The van der Waals surface area contributed by atoms with Gasteiger partial charge in [0.15, 0.2) is 5.96 Å². The van der Waals surface area contributed by atoms with E-state index in [2.05, 4.69) is 34.4 Å². The third-order valence-corrected chi connectivity index (χ3v) is 6.53. The fourth-order valence-corrected chi connectivity index (χ4v) is 5.17. The van der Waals surface area contributed by atoms with E-state index in [4.69, 9.17) is 9.72 Å². The van der Waals surface area contributed by atoms with Crippen LogP contribution in [0, 0.1) is 5.92 Å². The first kappa shape index (κ1) is 21.5. The van der Waals surface area contributed by atoms with Crippen molar-refractivity contribution in [2.75, 3.05) is 46.4 Å². The zero-order valence-corrected chi connectivity index (χ0v) is 18.6. The van der Waals surface area contributed by atoms with Crippen molar-refractivity contribution in [2.24, 2.45) is 10.9 Å². The lowest BCUT2D eigenvalue weighted by molar-refractivity contribution is -0.0284. The minimum atomic E-state index is 0.229. The van der Waals surface area contributed by atoms with Gasteiger partial charge in [-0.3, -0.25) is 9.89 Å². The van der Waals surface area contributed by atoms with Crippen molar-refractivity contribution in [2.45, 2.75) is 58.5 Å². The summed E-state index contributed by atoms with van der Waals surface area (Å²) in [7, 11) is 1.83. The molecule has 0 spiro atoms. The molecule has 1 unspecified atom stereocenters. The normalized spacial score (nSPS) is 21.0. The highest BCUT2D eigenvalue weighted by molar-refractivity contribution is 7.11. The molecule has 0 radical (unpaired) electrons. The zero-order valence-electron chi connectivity index (χ0n) is 17.8. The highest BCUT2D eigenvalue weighted by atomic mass is 32.1. The highest BCUT2D eigenvalue weighted by Gasteiger charge is 2.21. The fraction of sp³-hybridized carbons (Fsp3) is 0.810. The first-order valence-corrected chi connectivity index (χ1v) is 11.7. The minimum absolute atomic E-state index is 0.229. The molecule has 0 bridgehead atoms. The maximum Gasteiger partial charge on any atom is 0.191 e. The average molecular weight is 408 g/mol. The number of aromatic nitrogens is 1. The summed E-state index contributed by atoms with van der Waals surface area (Å²) >= 11 is 1.93. The monoisotopic (exact) mass is 407 g/mol. The fourth-order valence-electron chi connectivity index (χ4n) is 3.98. The maximum absolute atomic E-state index is 5.91. The number of guanidine groups is 1. The van der Waals surface area contributed by atoms with Gasteiger partial charge in [0, 0.05) is 51.1 Å². The van der Waals surface area contributed by atoms with E-state index in [1.165, 1.54) is 41.3 Å². The summed E-state index contributed by atoms with van der Waals surface area (Å²) in [6.07, 6.45) is 7.41. The van der Waals surface area contributed by atoms with E-state index in [0.717, 1.165) is 58.1 Å². The topological polar surface area (TPSA) is 61.8 Å². The number of hydrogen-bond donors (Lipinski definition) is 2. The Kier molecular flexibility index (Phi) is 8.55. The van der Waals surface area contributed by atoms with Crippen LogP contribution in [-0.2, 0) is 24.0 Å². The van der Waals surface area contributed by atoms with Crippen LogP contribution in [-0.4, -0.2) is 68.3 Å². The second kappa shape index (κ2) is 11.1. The van der Waals surface area contributed by atoms with Crippen LogP contribution in [0.2, 0.25) is 0 Å². The van der Waals surface area contributed by atoms with E-state index in [9.17, 15) is 0 Å². The van der Waals surface area contributed by atoms with Crippen molar-refractivity contribution >= 4 is 17.3 Å². The molecule has 1 aliphatic carbocycles. The van der Waals surface area contributed by atoms with Crippen molar-refractivity contribution in [3.63, 3.8) is 0 Å². The summed E-state index contributed by atoms with van der Waals surface area (Å²) < 4.78 is 5.91. The van der Waals surface area contributed by atoms with Crippen LogP contribution < -0.4 is 10.6 Å². The first-order chi connectivity index (χ1) is 13.6. The molecule has 1 aliphatic heterocycles. The number of morpholine rings is 1. The third kappa shape index (κ3) is 6.71. The molecule has 0 amide bonds. The van der Waals surface area contributed by atoms with Gasteiger partial charge in [0.25, 0.3) is 0 Å². The number of aryl methyl sites for hydroxylation is 3. The number of rotatable bonds is 8. The molecular formula is C21H37N5OS. The van der Waals surface area contributed by atoms with Gasteiger partial charge < -0.3 is 15.4 Å². The lowest BCUT2D eigenvalue weighted by Gasteiger charge is -2.34. The molecule has 6 nitrogen and oxygen atoms in total. The van der Waals surface area contributed by atoms with Crippen LogP contribution in [0.3, 0.4) is 0 Å². The van der Waals surface area contributed by atoms with E-state index in [-0.39, 0.29) is 6.10 Å². The lowest BCUT2D eigenvalue weighted by atomic mass is 10.0. The van der Waals surface area contributed by atoms with Gasteiger partial charge in [-0.05, 0) is 38.0 Å². The Morgan fingerprint density at radius 1 is 1.32 bits per heavy atom. The Morgan fingerprint density at radius 3 is 2.96 bits per heavy atom. The molecule has 2 heterocycles. The molecule has 1 aromatic heterocycles. The van der Waals surface area contributed by atoms with E-state index in [1.54, 1.807) is 0 Å². The van der Waals surface area contributed by atoms with Gasteiger partial charge in [-0.1, -0.05) is 13.8 Å². The second-order valence-corrected chi connectivity index (χ2v) is 9.48. The second-order valence-electron chi connectivity index (χ2n) is 8.31. The van der Waals surface area contributed by atoms with Crippen LogP contribution >= 0.6 is 11.3 Å². The smallest absolute Gasteiger partial charge is 0.191 e. The first-order valence-electron chi connectivity index (χ1n) is 10.9. The van der Waals surface area contributed by atoms with E-state index in [1.807, 2.05) is 18.4 Å². The summed E-state index contributed by atoms with van der Waals surface area (Å²) in [5, 5.41) is 8.16. The molecule has 158 valence electrons. The molecular weight excluding hydrogens is 370 g/mol. The Balaban J connectivity index is 1.33. The van der Waals surface area contributed by atoms with E-state index < -0.39 is 0 Å². The summed E-state index contributed by atoms with van der Waals surface area (Å²) in [6.45, 7) is 10.3. The van der Waals surface area contributed by atoms with Gasteiger partial charge in [0.2, 0.25) is 0 Å². The van der Waals surface area contributed by atoms with Gasteiger partial charge in [-0.15, -0.1) is 11.3 Å². The van der Waals surface area contributed by atoms with Crippen molar-refractivity contribution < 1.29 is 4.74 Å².